The number of methoxy groups -OCH3 is 1. The molecule has 0 fully saturated rings. The Morgan fingerprint density at radius 3 is 1.78 bits per heavy atom. The molecule has 7 heteroatoms. The summed E-state index contributed by atoms with van der Waals surface area (Å²) in [6.45, 7) is 0. The molecule has 0 radical (unpaired) electrons. The Morgan fingerprint density at radius 2 is 1.20 bits per heavy atom. The molecule has 0 spiro atoms. The number of aromatic nitrogens is 1. The highest BCUT2D eigenvalue weighted by molar-refractivity contribution is 7.98. The molecule has 0 aliphatic carbocycles. The molecule has 0 unspecified atom stereocenters. The molecule has 1 aromatic heterocycles. The number of benzene rings is 5. The molecule has 1 N–H and O–H groups in total. The van der Waals surface area contributed by atoms with Crippen molar-refractivity contribution in [1.29, 1.82) is 0 Å². The molecule has 1 heterocycles. The molecule has 0 aliphatic heterocycles. The number of carbonyl (C=O) groups is 2. The average molecular weight is 628 g/mol. The lowest BCUT2D eigenvalue weighted by atomic mass is 10.0. The highest BCUT2D eigenvalue weighted by atomic mass is 32.2. The van der Waals surface area contributed by atoms with Gasteiger partial charge in [-0.3, -0.25) is 4.98 Å². The SMILES string of the molecule is COC(=O)c1ccc(-c2ccc(SCc3ccc(-c4ccc(SCc5ccc(C(=O)O)c6ccccc56)cc4)cn3)cc2)cc1. The predicted molar refractivity (Wildman–Crippen MR) is 183 cm³/mol. The molecule has 0 bridgehead atoms. The van der Waals surface area contributed by atoms with Crippen molar-refractivity contribution in [2.75, 3.05) is 7.11 Å². The van der Waals surface area contributed by atoms with Crippen LogP contribution in [0.25, 0.3) is 33.0 Å². The van der Waals surface area contributed by atoms with Crippen molar-refractivity contribution in [3.63, 3.8) is 0 Å². The highest BCUT2D eigenvalue weighted by Gasteiger charge is 2.11. The van der Waals surface area contributed by atoms with Gasteiger partial charge in [0.25, 0.3) is 0 Å². The van der Waals surface area contributed by atoms with Crippen molar-refractivity contribution >= 4 is 46.2 Å². The molecule has 45 heavy (non-hydrogen) atoms. The van der Waals surface area contributed by atoms with Crippen molar-refractivity contribution in [2.24, 2.45) is 0 Å². The van der Waals surface area contributed by atoms with E-state index in [4.69, 9.17) is 9.72 Å². The van der Waals surface area contributed by atoms with Crippen LogP contribution < -0.4 is 0 Å². The maximum Gasteiger partial charge on any atom is 0.337 e. The molecule has 5 nitrogen and oxygen atoms in total. The first-order chi connectivity index (χ1) is 22.0. The largest absolute Gasteiger partial charge is 0.478 e. The van der Waals surface area contributed by atoms with Crippen LogP contribution in [0.1, 0.15) is 32.0 Å². The molecular weight excluding hydrogens is 599 g/mol. The van der Waals surface area contributed by atoms with Gasteiger partial charge in [0.2, 0.25) is 0 Å². The maximum atomic E-state index is 11.7. The van der Waals surface area contributed by atoms with Gasteiger partial charge >= 0.3 is 11.9 Å². The minimum absolute atomic E-state index is 0.332. The second-order valence-electron chi connectivity index (χ2n) is 10.4. The number of aromatic carboxylic acids is 1. The number of nitrogens with zero attached hydrogens (tertiary/aromatic N) is 1. The molecule has 6 rings (SSSR count). The van der Waals surface area contributed by atoms with Gasteiger partial charge in [0.15, 0.2) is 0 Å². The van der Waals surface area contributed by atoms with Crippen LogP contribution in [0.15, 0.2) is 137 Å². The Bertz CT molecular complexity index is 1950. The second kappa shape index (κ2) is 13.8. The van der Waals surface area contributed by atoms with Crippen molar-refractivity contribution in [3.8, 4) is 22.3 Å². The third-order valence-electron chi connectivity index (χ3n) is 7.53. The van der Waals surface area contributed by atoms with Gasteiger partial charge in [0, 0.05) is 33.1 Å². The van der Waals surface area contributed by atoms with Gasteiger partial charge in [-0.25, -0.2) is 9.59 Å². The number of ether oxygens (including phenoxy) is 1. The van der Waals surface area contributed by atoms with Gasteiger partial charge in [-0.05, 0) is 81.6 Å². The van der Waals surface area contributed by atoms with Crippen LogP contribution in [0.2, 0.25) is 0 Å². The Kier molecular flexibility index (Phi) is 9.29. The maximum absolute atomic E-state index is 11.7. The molecule has 0 aliphatic rings. The number of hydrogen-bond acceptors (Lipinski definition) is 6. The number of esters is 1. The first-order valence-corrected chi connectivity index (χ1v) is 16.3. The Morgan fingerprint density at radius 1 is 0.644 bits per heavy atom. The Hall–Kier alpha value is -4.85. The van der Waals surface area contributed by atoms with Crippen LogP contribution in [0.3, 0.4) is 0 Å². The van der Waals surface area contributed by atoms with E-state index in [1.165, 1.54) is 7.11 Å². The van der Waals surface area contributed by atoms with Gasteiger partial charge < -0.3 is 9.84 Å². The van der Waals surface area contributed by atoms with E-state index in [1.54, 1.807) is 41.7 Å². The zero-order chi connectivity index (χ0) is 31.2. The van der Waals surface area contributed by atoms with Crippen molar-refractivity contribution in [3.05, 3.63) is 150 Å². The number of fused-ring (bicyclic) bond motifs is 1. The van der Waals surface area contributed by atoms with E-state index < -0.39 is 5.97 Å². The van der Waals surface area contributed by atoms with Gasteiger partial charge in [0.1, 0.15) is 0 Å². The summed E-state index contributed by atoms with van der Waals surface area (Å²) >= 11 is 3.47. The smallest absolute Gasteiger partial charge is 0.337 e. The zero-order valence-corrected chi connectivity index (χ0v) is 26.1. The van der Waals surface area contributed by atoms with E-state index in [0.717, 1.165) is 65.6 Å². The summed E-state index contributed by atoms with van der Waals surface area (Å²) in [4.78, 5) is 30.3. The fourth-order valence-corrected chi connectivity index (χ4v) is 6.79. The monoisotopic (exact) mass is 627 g/mol. The van der Waals surface area contributed by atoms with Crippen LogP contribution in [0.4, 0.5) is 0 Å². The number of carbonyl (C=O) groups excluding carboxylic acids is 1. The van der Waals surface area contributed by atoms with E-state index in [9.17, 15) is 14.7 Å². The average Bonchev–Trinajstić information content (AvgIpc) is 3.10. The number of carboxylic acid groups (broad SMARTS) is 1. The third-order valence-corrected chi connectivity index (χ3v) is 9.64. The zero-order valence-electron chi connectivity index (χ0n) is 24.5. The summed E-state index contributed by atoms with van der Waals surface area (Å²) in [6, 6.07) is 39.8. The van der Waals surface area contributed by atoms with E-state index in [0.29, 0.717) is 11.1 Å². The van der Waals surface area contributed by atoms with Gasteiger partial charge in [-0.15, -0.1) is 23.5 Å². The van der Waals surface area contributed by atoms with Gasteiger partial charge in [0.05, 0.1) is 23.9 Å². The lowest BCUT2D eigenvalue weighted by molar-refractivity contribution is 0.0600. The second-order valence-corrected chi connectivity index (χ2v) is 12.5. The minimum Gasteiger partial charge on any atom is -0.478 e. The third kappa shape index (κ3) is 7.11. The number of thioether (sulfide) groups is 2. The van der Waals surface area contributed by atoms with E-state index in [2.05, 4.69) is 60.7 Å². The quantitative estimate of drug-likeness (QED) is 0.120. The van der Waals surface area contributed by atoms with E-state index >= 15 is 0 Å². The summed E-state index contributed by atoms with van der Waals surface area (Å²) in [7, 11) is 1.38. The molecule has 0 atom stereocenters. The summed E-state index contributed by atoms with van der Waals surface area (Å²) in [6.07, 6.45) is 1.93. The summed E-state index contributed by atoms with van der Waals surface area (Å²) < 4.78 is 4.77. The van der Waals surface area contributed by atoms with E-state index in [-0.39, 0.29) is 5.97 Å². The summed E-state index contributed by atoms with van der Waals surface area (Å²) in [5.74, 6) is 0.276. The molecule has 6 aromatic rings. The molecule has 5 aromatic carbocycles. The first-order valence-electron chi connectivity index (χ1n) is 14.3. The minimum atomic E-state index is -0.907. The predicted octanol–water partition coefficient (Wildman–Crippen LogP) is 9.64. The first kappa shape index (κ1) is 30.2. The van der Waals surface area contributed by atoms with Crippen LogP contribution in [0, 0.1) is 0 Å². The molecule has 222 valence electrons. The van der Waals surface area contributed by atoms with Crippen molar-refractivity contribution in [1.82, 2.24) is 4.98 Å². The fourth-order valence-electron chi connectivity index (χ4n) is 5.08. The highest BCUT2D eigenvalue weighted by Crippen LogP contribution is 2.31. The van der Waals surface area contributed by atoms with Gasteiger partial charge in [-0.1, -0.05) is 72.8 Å². The fraction of sp³-hybridized carbons (Fsp3) is 0.0789. The Labute approximate surface area is 270 Å². The number of carboxylic acids is 1. The van der Waals surface area contributed by atoms with Crippen LogP contribution in [-0.4, -0.2) is 29.1 Å². The molecule has 0 saturated heterocycles. The van der Waals surface area contributed by atoms with Crippen LogP contribution >= 0.6 is 23.5 Å². The number of pyridine rings is 1. The van der Waals surface area contributed by atoms with E-state index in [1.807, 2.05) is 48.7 Å². The van der Waals surface area contributed by atoms with Crippen molar-refractivity contribution in [2.45, 2.75) is 21.3 Å². The lowest BCUT2D eigenvalue weighted by Crippen LogP contribution is -2.00. The lowest BCUT2D eigenvalue weighted by Gasteiger charge is -2.10. The normalized spacial score (nSPS) is 11.0. The number of rotatable bonds is 10. The van der Waals surface area contributed by atoms with Crippen LogP contribution in [-0.2, 0) is 16.2 Å². The molecular formula is C38H29NO4S2. The Balaban J connectivity index is 1.03. The van der Waals surface area contributed by atoms with Crippen molar-refractivity contribution < 1.29 is 19.4 Å². The number of hydrogen-bond donors (Lipinski definition) is 1. The standard InChI is InChI=1S/C38H29NO4S2/c1-43-38(42)28-8-6-25(7-9-28)26-11-17-33(18-12-26)45-24-31-16-10-29(22-39-31)27-13-19-32(20-14-27)44-23-30-15-21-36(37(40)41)35-5-3-2-4-34(30)35/h2-22H,23-24H2,1H3,(H,40,41). The topological polar surface area (TPSA) is 76.5 Å². The van der Waals surface area contributed by atoms with Gasteiger partial charge in [-0.2, -0.15) is 0 Å². The summed E-state index contributed by atoms with van der Waals surface area (Å²) in [5.41, 5.74) is 7.31. The molecule has 0 amide bonds. The van der Waals surface area contributed by atoms with Crippen LogP contribution in [0.5, 0.6) is 0 Å². The summed E-state index contributed by atoms with van der Waals surface area (Å²) in [5, 5.41) is 11.3. The molecule has 0 saturated carbocycles.